The summed E-state index contributed by atoms with van der Waals surface area (Å²) in [5.74, 6) is 2.18. The summed E-state index contributed by atoms with van der Waals surface area (Å²) >= 11 is 0. The van der Waals surface area contributed by atoms with Gasteiger partial charge in [0.05, 0.1) is 6.10 Å². The van der Waals surface area contributed by atoms with E-state index in [0.29, 0.717) is 11.3 Å². The number of hydrogen-bond acceptors (Lipinski definition) is 1. The molecule has 0 amide bonds. The van der Waals surface area contributed by atoms with Crippen LogP contribution in [0.2, 0.25) is 0 Å². The van der Waals surface area contributed by atoms with Gasteiger partial charge in [-0.15, -0.1) is 0 Å². The van der Waals surface area contributed by atoms with E-state index < -0.39 is 0 Å². The molecule has 16 heavy (non-hydrogen) atoms. The SMILES string of the molecule is CC(O)C(C)C/C=C1\C2CCC(C2)C1(C)C. The molecule has 0 aromatic rings. The van der Waals surface area contributed by atoms with Crippen LogP contribution in [-0.4, -0.2) is 11.2 Å². The molecule has 1 N–H and O–H groups in total. The van der Waals surface area contributed by atoms with Crippen molar-refractivity contribution in [2.24, 2.45) is 23.2 Å². The average molecular weight is 222 g/mol. The Morgan fingerprint density at radius 3 is 2.56 bits per heavy atom. The van der Waals surface area contributed by atoms with Crippen LogP contribution in [0.1, 0.15) is 53.4 Å². The van der Waals surface area contributed by atoms with Gasteiger partial charge in [0.2, 0.25) is 0 Å². The highest BCUT2D eigenvalue weighted by Gasteiger charge is 2.48. The number of hydrogen-bond donors (Lipinski definition) is 1. The van der Waals surface area contributed by atoms with Crippen LogP contribution in [0.4, 0.5) is 0 Å². The number of aliphatic hydroxyl groups excluding tert-OH is 1. The van der Waals surface area contributed by atoms with Crippen molar-refractivity contribution in [3.05, 3.63) is 11.6 Å². The van der Waals surface area contributed by atoms with E-state index in [2.05, 4.69) is 26.8 Å². The van der Waals surface area contributed by atoms with Crippen LogP contribution in [0.3, 0.4) is 0 Å². The normalized spacial score (nSPS) is 37.9. The summed E-state index contributed by atoms with van der Waals surface area (Å²) < 4.78 is 0. The minimum atomic E-state index is -0.182. The fourth-order valence-corrected chi connectivity index (χ4v) is 3.62. The number of rotatable bonds is 3. The topological polar surface area (TPSA) is 20.2 Å². The molecule has 2 aliphatic rings. The smallest absolute Gasteiger partial charge is 0.0540 e. The van der Waals surface area contributed by atoms with Gasteiger partial charge in [-0.1, -0.05) is 32.4 Å². The molecule has 2 fully saturated rings. The maximum Gasteiger partial charge on any atom is 0.0540 e. The second-order valence-electron chi connectivity index (χ2n) is 6.54. The molecule has 4 unspecified atom stereocenters. The number of aliphatic hydroxyl groups is 1. The summed E-state index contributed by atoms with van der Waals surface area (Å²) in [5, 5.41) is 9.53. The molecule has 1 nitrogen and oxygen atoms in total. The summed E-state index contributed by atoms with van der Waals surface area (Å²) in [6, 6.07) is 0. The molecular weight excluding hydrogens is 196 g/mol. The highest BCUT2D eigenvalue weighted by atomic mass is 16.3. The lowest BCUT2D eigenvalue weighted by Gasteiger charge is -2.33. The molecule has 0 saturated heterocycles. The summed E-state index contributed by atoms with van der Waals surface area (Å²) in [6.07, 6.45) is 7.56. The van der Waals surface area contributed by atoms with E-state index in [1.54, 1.807) is 5.57 Å². The van der Waals surface area contributed by atoms with Crippen molar-refractivity contribution in [1.82, 2.24) is 0 Å². The Balaban J connectivity index is 2.06. The number of allylic oxidation sites excluding steroid dienone is 2. The highest BCUT2D eigenvalue weighted by molar-refractivity contribution is 5.26. The van der Waals surface area contributed by atoms with Gasteiger partial charge in [0.25, 0.3) is 0 Å². The monoisotopic (exact) mass is 222 g/mol. The average Bonchev–Trinajstić information content (AvgIpc) is 2.73. The van der Waals surface area contributed by atoms with E-state index in [1.807, 2.05) is 6.92 Å². The molecule has 0 aromatic carbocycles. The van der Waals surface area contributed by atoms with Crippen molar-refractivity contribution < 1.29 is 5.11 Å². The molecule has 0 radical (unpaired) electrons. The Labute approximate surface area is 99.9 Å². The van der Waals surface area contributed by atoms with Gasteiger partial charge in [-0.05, 0) is 55.8 Å². The van der Waals surface area contributed by atoms with Crippen LogP contribution in [-0.2, 0) is 0 Å². The van der Waals surface area contributed by atoms with Crippen molar-refractivity contribution >= 4 is 0 Å². The van der Waals surface area contributed by atoms with Crippen molar-refractivity contribution in [3.8, 4) is 0 Å². The minimum Gasteiger partial charge on any atom is -0.393 e. The lowest BCUT2D eigenvalue weighted by atomic mass is 9.72. The quantitative estimate of drug-likeness (QED) is 0.721. The third-order valence-electron chi connectivity index (χ3n) is 5.17. The fraction of sp³-hybridized carbons (Fsp3) is 0.867. The lowest BCUT2D eigenvalue weighted by Crippen LogP contribution is -2.23. The van der Waals surface area contributed by atoms with Gasteiger partial charge >= 0.3 is 0 Å². The van der Waals surface area contributed by atoms with E-state index in [-0.39, 0.29) is 6.10 Å². The van der Waals surface area contributed by atoms with Crippen LogP contribution in [0.15, 0.2) is 11.6 Å². The molecule has 2 rings (SSSR count). The fourth-order valence-electron chi connectivity index (χ4n) is 3.62. The first-order valence-corrected chi connectivity index (χ1v) is 6.81. The second-order valence-corrected chi connectivity index (χ2v) is 6.54. The highest BCUT2D eigenvalue weighted by Crippen LogP contribution is 2.59. The summed E-state index contributed by atoms with van der Waals surface area (Å²) in [7, 11) is 0. The maximum atomic E-state index is 9.53. The molecule has 2 aliphatic carbocycles. The van der Waals surface area contributed by atoms with E-state index in [0.717, 1.165) is 18.3 Å². The summed E-state index contributed by atoms with van der Waals surface area (Å²) in [4.78, 5) is 0. The zero-order valence-corrected chi connectivity index (χ0v) is 11.2. The predicted molar refractivity (Wildman–Crippen MR) is 68.2 cm³/mol. The first-order chi connectivity index (χ1) is 7.43. The standard InChI is InChI=1S/C15H26O/c1-10(11(2)16)5-8-14-12-6-7-13(9-12)15(14,3)4/h8,10-13,16H,5-7,9H2,1-4H3/b14-8+. The lowest BCUT2D eigenvalue weighted by molar-refractivity contribution is 0.136. The molecule has 0 aromatic heterocycles. The van der Waals surface area contributed by atoms with Crippen LogP contribution in [0.5, 0.6) is 0 Å². The van der Waals surface area contributed by atoms with Crippen LogP contribution in [0, 0.1) is 23.2 Å². The molecule has 92 valence electrons. The molecular formula is C15H26O. The maximum absolute atomic E-state index is 9.53. The molecule has 4 atom stereocenters. The first kappa shape index (κ1) is 12.2. The van der Waals surface area contributed by atoms with E-state index in [9.17, 15) is 5.11 Å². The predicted octanol–water partition coefficient (Wildman–Crippen LogP) is 3.78. The van der Waals surface area contributed by atoms with Gasteiger partial charge in [-0.25, -0.2) is 0 Å². The van der Waals surface area contributed by atoms with Crippen LogP contribution < -0.4 is 0 Å². The van der Waals surface area contributed by atoms with Crippen molar-refractivity contribution in [2.45, 2.75) is 59.5 Å². The van der Waals surface area contributed by atoms with Gasteiger partial charge in [0, 0.05) is 0 Å². The Bertz CT molecular complexity index is 288. The van der Waals surface area contributed by atoms with Gasteiger partial charge < -0.3 is 5.11 Å². The Kier molecular flexibility index (Phi) is 3.18. The Morgan fingerprint density at radius 2 is 2.06 bits per heavy atom. The molecule has 0 spiro atoms. The molecule has 0 heterocycles. The largest absolute Gasteiger partial charge is 0.393 e. The van der Waals surface area contributed by atoms with Crippen molar-refractivity contribution in [2.75, 3.05) is 0 Å². The molecule has 0 aliphatic heterocycles. The molecule has 2 bridgehead atoms. The number of fused-ring (bicyclic) bond motifs is 2. The molecule has 1 heteroatoms. The second kappa shape index (κ2) is 4.18. The third kappa shape index (κ3) is 1.95. The van der Waals surface area contributed by atoms with Crippen molar-refractivity contribution in [1.29, 1.82) is 0 Å². The van der Waals surface area contributed by atoms with Crippen molar-refractivity contribution in [3.63, 3.8) is 0 Å². The van der Waals surface area contributed by atoms with Gasteiger partial charge in [0.15, 0.2) is 0 Å². The Hall–Kier alpha value is -0.300. The van der Waals surface area contributed by atoms with Gasteiger partial charge in [0.1, 0.15) is 0 Å². The van der Waals surface area contributed by atoms with Gasteiger partial charge in [-0.3, -0.25) is 0 Å². The summed E-state index contributed by atoms with van der Waals surface area (Å²) in [5.41, 5.74) is 2.12. The zero-order valence-electron chi connectivity index (χ0n) is 11.2. The van der Waals surface area contributed by atoms with Crippen LogP contribution in [0.25, 0.3) is 0 Å². The van der Waals surface area contributed by atoms with Gasteiger partial charge in [-0.2, -0.15) is 0 Å². The summed E-state index contributed by atoms with van der Waals surface area (Å²) in [6.45, 7) is 8.86. The van der Waals surface area contributed by atoms with E-state index in [4.69, 9.17) is 0 Å². The minimum absolute atomic E-state index is 0.182. The first-order valence-electron chi connectivity index (χ1n) is 6.81. The zero-order chi connectivity index (χ0) is 11.9. The molecule has 2 saturated carbocycles. The Morgan fingerprint density at radius 1 is 1.38 bits per heavy atom. The van der Waals surface area contributed by atoms with E-state index >= 15 is 0 Å². The van der Waals surface area contributed by atoms with E-state index in [1.165, 1.54) is 19.3 Å². The third-order valence-corrected chi connectivity index (χ3v) is 5.17. The van der Waals surface area contributed by atoms with Crippen LogP contribution >= 0.6 is 0 Å².